The van der Waals surface area contributed by atoms with Crippen LogP contribution in [0.4, 0.5) is 0 Å². The number of rotatable bonds is 6. The Hall–Kier alpha value is -1.33. The molecule has 0 rings (SSSR count). The van der Waals surface area contributed by atoms with E-state index in [9.17, 15) is 19.2 Å². The van der Waals surface area contributed by atoms with Crippen LogP contribution in [-0.4, -0.2) is 65.2 Å². The summed E-state index contributed by atoms with van der Waals surface area (Å²) in [5.41, 5.74) is 0. The molecule has 0 saturated carbocycles. The van der Waals surface area contributed by atoms with E-state index in [1.807, 2.05) is 0 Å². The molecule has 0 fully saturated rings. The zero-order valence-electron chi connectivity index (χ0n) is 6.98. The molecule has 0 amide bonds. The average molecular weight is 334 g/mol. The first-order chi connectivity index (χ1) is 6.77. The third-order valence-corrected chi connectivity index (χ3v) is 5.02. The number of hydrogen-bond donors (Lipinski definition) is 4. The van der Waals surface area contributed by atoms with Gasteiger partial charge in [-0.2, -0.15) is 0 Å². The van der Waals surface area contributed by atoms with Crippen molar-refractivity contribution < 1.29 is 39.6 Å². The summed E-state index contributed by atoms with van der Waals surface area (Å²) in [7, 11) is 0. The summed E-state index contributed by atoms with van der Waals surface area (Å²) in [6, 6.07) is 0. The van der Waals surface area contributed by atoms with Gasteiger partial charge in [0.15, 0.2) is 0 Å². The van der Waals surface area contributed by atoms with Crippen LogP contribution in [0.15, 0.2) is 0 Å². The van der Waals surface area contributed by atoms with Gasteiger partial charge in [0.25, 0.3) is 0 Å². The Balaban J connectivity index is 4.77. The molecule has 0 aliphatic carbocycles. The first kappa shape index (κ1) is 13.7. The summed E-state index contributed by atoms with van der Waals surface area (Å²) in [6.07, 6.45) is 0. The standard InChI is InChI=1S/C6H6O8Te/c7-3(8)1(4(9)10)15-2(5(11)12)6(13)14/h1-2H,(H,7,8)(H,9,10)(H,11,12)(H,13,14). The van der Waals surface area contributed by atoms with Crippen molar-refractivity contribution in [2.24, 2.45) is 0 Å². The molecule has 0 unspecified atom stereocenters. The molecule has 15 heavy (non-hydrogen) atoms. The van der Waals surface area contributed by atoms with Crippen molar-refractivity contribution in [3.8, 4) is 0 Å². The Morgan fingerprint density at radius 1 is 0.667 bits per heavy atom. The molecule has 9 heteroatoms. The molecule has 0 aliphatic rings. The summed E-state index contributed by atoms with van der Waals surface area (Å²) in [4.78, 5) is 41.5. The van der Waals surface area contributed by atoms with Gasteiger partial charge < -0.3 is 0 Å². The number of carbonyl (C=O) groups is 4. The number of hydrogen-bond acceptors (Lipinski definition) is 4. The van der Waals surface area contributed by atoms with Crippen molar-refractivity contribution in [3.05, 3.63) is 0 Å². The maximum atomic E-state index is 10.4. The fraction of sp³-hybridized carbons (Fsp3) is 0.333. The zero-order valence-corrected chi connectivity index (χ0v) is 9.32. The van der Waals surface area contributed by atoms with Gasteiger partial charge in [-0.1, -0.05) is 0 Å². The fourth-order valence-corrected chi connectivity index (χ4v) is 2.69. The maximum absolute atomic E-state index is 10.4. The quantitative estimate of drug-likeness (QED) is 0.342. The molecule has 0 bridgehead atoms. The minimum atomic E-state index is -2.26. The number of carboxylic acids is 4. The molecule has 0 spiro atoms. The van der Waals surface area contributed by atoms with Crippen LogP contribution in [0.25, 0.3) is 0 Å². The van der Waals surface area contributed by atoms with Gasteiger partial charge in [-0.25, -0.2) is 0 Å². The second-order valence-corrected chi connectivity index (χ2v) is 5.72. The molecular weight excluding hydrogens is 328 g/mol. The summed E-state index contributed by atoms with van der Waals surface area (Å²) in [5.74, 6) is -6.84. The molecule has 8 nitrogen and oxygen atoms in total. The monoisotopic (exact) mass is 336 g/mol. The van der Waals surface area contributed by atoms with E-state index in [0.29, 0.717) is 0 Å². The van der Waals surface area contributed by atoms with Gasteiger partial charge in [0.05, 0.1) is 0 Å². The first-order valence-corrected chi connectivity index (χ1v) is 6.03. The predicted molar refractivity (Wildman–Crippen MR) is 43.8 cm³/mol. The van der Waals surface area contributed by atoms with E-state index in [4.69, 9.17) is 20.4 Å². The first-order valence-electron chi connectivity index (χ1n) is 3.34. The molecule has 0 aromatic heterocycles. The molecule has 0 aromatic carbocycles. The second kappa shape index (κ2) is 5.53. The molecule has 0 heterocycles. The Morgan fingerprint density at radius 2 is 0.867 bits per heavy atom. The van der Waals surface area contributed by atoms with Crippen molar-refractivity contribution in [1.82, 2.24) is 0 Å². The van der Waals surface area contributed by atoms with E-state index < -0.39 is 52.7 Å². The van der Waals surface area contributed by atoms with Gasteiger partial charge in [-0.05, 0) is 0 Å². The van der Waals surface area contributed by atoms with Crippen LogP contribution >= 0.6 is 0 Å². The number of aliphatic carboxylic acids is 4. The third-order valence-electron chi connectivity index (χ3n) is 1.17. The van der Waals surface area contributed by atoms with Crippen molar-refractivity contribution in [1.29, 1.82) is 0 Å². The van der Waals surface area contributed by atoms with Crippen molar-refractivity contribution in [3.63, 3.8) is 0 Å². The Labute approximate surface area is 92.6 Å². The molecule has 4 N–H and O–H groups in total. The van der Waals surface area contributed by atoms with Crippen molar-refractivity contribution in [2.45, 2.75) is 7.93 Å². The van der Waals surface area contributed by atoms with Crippen LogP contribution in [0.2, 0.25) is 7.93 Å². The zero-order chi connectivity index (χ0) is 12.2. The van der Waals surface area contributed by atoms with E-state index in [1.165, 1.54) is 0 Å². The molecule has 0 atom stereocenters. The van der Waals surface area contributed by atoms with Gasteiger partial charge in [-0.3, -0.25) is 0 Å². The van der Waals surface area contributed by atoms with E-state index in [2.05, 4.69) is 0 Å². The Bertz CT molecular complexity index is 252. The normalized spacial score (nSPS) is 10.3. The molecular formula is C6H6O8Te. The molecule has 0 aliphatic heterocycles. The third kappa shape index (κ3) is 4.14. The Kier molecular flexibility index (Phi) is 5.04. The van der Waals surface area contributed by atoms with E-state index in [-0.39, 0.29) is 0 Å². The second-order valence-electron chi connectivity index (χ2n) is 2.25. The van der Waals surface area contributed by atoms with Gasteiger partial charge in [0.1, 0.15) is 0 Å². The molecule has 0 radical (unpaired) electrons. The van der Waals surface area contributed by atoms with Crippen molar-refractivity contribution >= 4 is 44.8 Å². The van der Waals surface area contributed by atoms with Crippen LogP contribution in [0.3, 0.4) is 0 Å². The van der Waals surface area contributed by atoms with Crippen LogP contribution in [0.5, 0.6) is 0 Å². The topological polar surface area (TPSA) is 149 Å². The molecule has 0 saturated heterocycles. The summed E-state index contributed by atoms with van der Waals surface area (Å²) < 4.78 is -3.82. The van der Waals surface area contributed by atoms with Crippen LogP contribution < -0.4 is 0 Å². The number of carboxylic acid groups (broad SMARTS) is 4. The van der Waals surface area contributed by atoms with Crippen LogP contribution in [0.1, 0.15) is 0 Å². The van der Waals surface area contributed by atoms with Crippen molar-refractivity contribution in [2.75, 3.05) is 0 Å². The van der Waals surface area contributed by atoms with Gasteiger partial charge in [0.2, 0.25) is 0 Å². The summed E-state index contributed by atoms with van der Waals surface area (Å²) in [5, 5.41) is 33.7. The molecule has 84 valence electrons. The van der Waals surface area contributed by atoms with E-state index in [1.54, 1.807) is 0 Å². The summed E-state index contributed by atoms with van der Waals surface area (Å²) >= 11 is -2.26. The minimum absolute atomic E-state index is 1.71. The predicted octanol–water partition coefficient (Wildman–Crippen LogP) is -1.39. The van der Waals surface area contributed by atoms with Gasteiger partial charge in [0, 0.05) is 0 Å². The SMILES string of the molecule is O=C(O)C([Te]C(C(=O)O)C(=O)O)C(=O)O. The Morgan fingerprint density at radius 3 is 1.00 bits per heavy atom. The summed E-state index contributed by atoms with van der Waals surface area (Å²) in [6.45, 7) is 0. The van der Waals surface area contributed by atoms with E-state index >= 15 is 0 Å². The van der Waals surface area contributed by atoms with Crippen LogP contribution in [0, 0.1) is 0 Å². The van der Waals surface area contributed by atoms with Gasteiger partial charge >= 0.3 is 92.3 Å². The van der Waals surface area contributed by atoms with Gasteiger partial charge in [-0.15, -0.1) is 0 Å². The van der Waals surface area contributed by atoms with E-state index in [0.717, 1.165) is 0 Å². The van der Waals surface area contributed by atoms with Crippen LogP contribution in [-0.2, 0) is 19.2 Å². The average Bonchev–Trinajstić information content (AvgIpc) is 2.01. The molecule has 0 aromatic rings. The fourth-order valence-electron chi connectivity index (χ4n) is 0.580.